The molecule has 1 aromatic carbocycles. The lowest BCUT2D eigenvalue weighted by atomic mass is 9.40. The van der Waals surface area contributed by atoms with Crippen LogP contribution in [-0.2, 0) is 21.3 Å². The van der Waals surface area contributed by atoms with Gasteiger partial charge in [-0.2, -0.15) is 5.26 Å². The molecule has 0 spiro atoms. The van der Waals surface area contributed by atoms with Gasteiger partial charge < -0.3 is 24.3 Å². The predicted octanol–water partition coefficient (Wildman–Crippen LogP) is 7.92. The highest BCUT2D eigenvalue weighted by Gasteiger charge is 2.67. The second kappa shape index (κ2) is 11.3. The van der Waals surface area contributed by atoms with Crippen molar-refractivity contribution in [2.45, 2.75) is 122 Å². The Morgan fingerprint density at radius 1 is 1.15 bits per heavy atom. The third-order valence-electron chi connectivity index (χ3n) is 14.9. The number of carbonyl (C=O) groups excluding carboxylic acids is 2. The number of fused-ring (bicyclic) bond motifs is 11. The van der Waals surface area contributed by atoms with Gasteiger partial charge in [-0.15, -0.1) is 0 Å². The molecule has 6 aliphatic rings. The van der Waals surface area contributed by atoms with Crippen molar-refractivity contribution in [3.05, 3.63) is 76.2 Å². The third kappa shape index (κ3) is 4.52. The summed E-state index contributed by atoms with van der Waals surface area (Å²) in [5, 5.41) is 37.1. The van der Waals surface area contributed by atoms with Crippen LogP contribution in [0.25, 0.3) is 16.5 Å². The van der Waals surface area contributed by atoms with Crippen molar-refractivity contribution in [1.82, 2.24) is 9.88 Å². The van der Waals surface area contributed by atoms with Crippen molar-refractivity contribution in [2.75, 3.05) is 7.11 Å². The fourth-order valence-electron chi connectivity index (χ4n) is 12.7. The lowest BCUT2D eigenvalue weighted by Gasteiger charge is -2.64. The normalized spacial score (nSPS) is 37.4. The molecule has 2 aliphatic heterocycles. The number of amides is 1. The van der Waals surface area contributed by atoms with E-state index in [4.69, 9.17) is 4.74 Å². The largest absolute Gasteiger partial charge is 0.453 e. The molecule has 9 nitrogen and oxygen atoms in total. The molecule has 2 saturated carbocycles. The fourth-order valence-corrected chi connectivity index (χ4v) is 12.7. The summed E-state index contributed by atoms with van der Waals surface area (Å²) in [6, 6.07) is 3.72. The van der Waals surface area contributed by atoms with Crippen LogP contribution in [-0.4, -0.2) is 51.1 Å². The molecule has 3 N–H and O–H groups in total. The average Bonchev–Trinajstić information content (AvgIpc) is 3.75. The monoisotopic (exact) mass is 719 g/mol. The Kier molecular flexibility index (Phi) is 7.67. The van der Waals surface area contributed by atoms with Gasteiger partial charge in [-0.3, -0.25) is 10.1 Å². The van der Waals surface area contributed by atoms with Crippen LogP contribution in [0, 0.1) is 39.9 Å². The van der Waals surface area contributed by atoms with Crippen LogP contribution in [0.3, 0.4) is 0 Å². The molecule has 53 heavy (non-hydrogen) atoms. The Balaban J connectivity index is 1.31. The molecular formula is C44H53N3O6. The molecule has 8 rings (SSSR count). The van der Waals surface area contributed by atoms with E-state index in [1.807, 2.05) is 32.9 Å². The summed E-state index contributed by atoms with van der Waals surface area (Å²) < 4.78 is 13.5. The number of Topliss-reactive ketones (excluding diaryl/α,β-unsaturated/α-hetero) is 1. The molecule has 4 aliphatic carbocycles. The van der Waals surface area contributed by atoms with Crippen molar-refractivity contribution in [3.63, 3.8) is 0 Å². The summed E-state index contributed by atoms with van der Waals surface area (Å²) in [4.78, 5) is 26.7. The number of nitriles is 1. The van der Waals surface area contributed by atoms with Crippen LogP contribution in [0.5, 0.6) is 0 Å². The number of benzene rings is 1. The number of nitrogens with one attached hydrogen (secondary N) is 1. The van der Waals surface area contributed by atoms with Crippen molar-refractivity contribution in [2.24, 2.45) is 28.6 Å². The molecule has 0 saturated heterocycles. The number of hydrogen-bond acceptors (Lipinski definition) is 7. The van der Waals surface area contributed by atoms with E-state index in [1.54, 1.807) is 12.2 Å². The van der Waals surface area contributed by atoms with Gasteiger partial charge in [0.25, 0.3) is 0 Å². The number of aliphatic hydroxyl groups excluding tert-OH is 2. The zero-order chi connectivity index (χ0) is 38.4. The van der Waals surface area contributed by atoms with Gasteiger partial charge in [-0.1, -0.05) is 45.1 Å². The van der Waals surface area contributed by atoms with Crippen molar-refractivity contribution >= 4 is 28.4 Å². The van der Waals surface area contributed by atoms with E-state index in [-0.39, 0.29) is 34.1 Å². The lowest BCUT2D eigenvalue weighted by molar-refractivity contribution is -0.144. The van der Waals surface area contributed by atoms with Crippen molar-refractivity contribution in [3.8, 4) is 6.07 Å². The standard InChI is InChI=1S/C44H53N3O6/c1-22(2)34-37(50)32-31-25(28-20-40(3,4)53-41(5,6)33(28)36(31)49)19-26-27-18-23-13-14-29-42(7,16-11-12-24(21-45)46-39(51)52-10)30(48)15-17-43(29,8)44(23,9)38(27)47(34)35(26)32/h11-12,16,19-20,23,29-30,33-34,36,48-49H,1,13-15,17-18H2,2-10H3,(H,46,51)/b16-11+,24-12?/t23?,29?,30?,33?,34-,36?,42-,43-,44+/m0/s1. The highest BCUT2D eigenvalue weighted by atomic mass is 16.5. The van der Waals surface area contributed by atoms with Gasteiger partial charge in [0.05, 0.1) is 41.6 Å². The maximum Gasteiger partial charge on any atom is 0.411 e. The molecule has 5 unspecified atom stereocenters. The first kappa shape index (κ1) is 36.0. The molecule has 1 aromatic heterocycles. The zero-order valence-electron chi connectivity index (χ0n) is 32.5. The number of methoxy groups -OCH3 is 1. The molecule has 2 fully saturated rings. The Labute approximate surface area is 312 Å². The van der Waals surface area contributed by atoms with Crippen LogP contribution < -0.4 is 5.32 Å². The molecule has 0 bridgehead atoms. The zero-order valence-corrected chi connectivity index (χ0v) is 32.5. The van der Waals surface area contributed by atoms with Gasteiger partial charge in [0.15, 0.2) is 5.78 Å². The molecule has 9 atom stereocenters. The smallest absolute Gasteiger partial charge is 0.411 e. The molecule has 9 heteroatoms. The Hall–Kier alpha value is -3.97. The molecule has 3 heterocycles. The van der Waals surface area contributed by atoms with E-state index in [2.05, 4.69) is 68.0 Å². The first-order chi connectivity index (χ1) is 24.8. The second-order valence-corrected chi connectivity index (χ2v) is 18.5. The predicted molar refractivity (Wildman–Crippen MR) is 203 cm³/mol. The van der Waals surface area contributed by atoms with Crippen LogP contribution in [0.1, 0.15) is 126 Å². The van der Waals surface area contributed by atoms with E-state index in [0.29, 0.717) is 17.9 Å². The fraction of sp³-hybridized carbons (Fsp3) is 0.568. The third-order valence-corrected chi connectivity index (χ3v) is 14.9. The van der Waals surface area contributed by atoms with Crippen molar-refractivity contribution < 1.29 is 29.3 Å². The topological polar surface area (TPSA) is 134 Å². The highest BCUT2D eigenvalue weighted by Crippen LogP contribution is 2.71. The van der Waals surface area contributed by atoms with E-state index in [9.17, 15) is 25.1 Å². The summed E-state index contributed by atoms with van der Waals surface area (Å²) in [7, 11) is 1.25. The minimum Gasteiger partial charge on any atom is -0.453 e. The SMILES string of the molecule is C=C(C)[C@H]1C(=O)c2c3c(cc4c5c(n1c24)[C@@]1(C)C(CCC2[C@](C)(/C=C/C=C(C#N)NC(=O)OC)C(O)CC[C@@]21C)C5)C1=CC(C)(C)OC(C)(C)C1C3O. The lowest BCUT2D eigenvalue weighted by Crippen LogP contribution is -2.62. The van der Waals surface area contributed by atoms with Crippen LogP contribution in [0.15, 0.2) is 48.2 Å². The van der Waals surface area contributed by atoms with E-state index >= 15 is 0 Å². The minimum atomic E-state index is -0.876. The molecule has 2 aromatic rings. The van der Waals surface area contributed by atoms with Gasteiger partial charge in [-0.05, 0) is 119 Å². The van der Waals surface area contributed by atoms with Gasteiger partial charge in [0, 0.05) is 33.4 Å². The van der Waals surface area contributed by atoms with Gasteiger partial charge in [0.1, 0.15) is 17.8 Å². The van der Waals surface area contributed by atoms with Crippen LogP contribution in [0.4, 0.5) is 4.79 Å². The number of aliphatic hydroxyl groups is 2. The minimum absolute atomic E-state index is 0.00507. The summed E-state index contributed by atoms with van der Waals surface area (Å²) in [6.07, 6.45) is 9.56. The maximum absolute atomic E-state index is 14.9. The van der Waals surface area contributed by atoms with Gasteiger partial charge in [0.2, 0.25) is 0 Å². The number of alkyl carbamates (subject to hydrolysis) is 1. The Bertz CT molecular complexity index is 2160. The second-order valence-electron chi connectivity index (χ2n) is 18.5. The number of allylic oxidation sites excluding steroid dienone is 4. The number of aromatic nitrogens is 1. The molecular weight excluding hydrogens is 666 g/mol. The summed E-state index contributed by atoms with van der Waals surface area (Å²) >= 11 is 0. The summed E-state index contributed by atoms with van der Waals surface area (Å²) in [5.74, 6) is 0.146. The van der Waals surface area contributed by atoms with Crippen LogP contribution in [0.2, 0.25) is 0 Å². The number of carbonyl (C=O) groups is 2. The Morgan fingerprint density at radius 2 is 1.87 bits per heavy atom. The number of ketones is 1. The number of hydrogen-bond donors (Lipinski definition) is 3. The molecule has 280 valence electrons. The van der Waals surface area contributed by atoms with E-state index < -0.39 is 41.0 Å². The van der Waals surface area contributed by atoms with E-state index in [0.717, 1.165) is 58.9 Å². The van der Waals surface area contributed by atoms with Crippen LogP contribution >= 0.6 is 0 Å². The highest BCUT2D eigenvalue weighted by molar-refractivity contribution is 6.18. The van der Waals surface area contributed by atoms with Gasteiger partial charge in [-0.25, -0.2) is 4.79 Å². The van der Waals surface area contributed by atoms with Gasteiger partial charge >= 0.3 is 6.09 Å². The average molecular weight is 720 g/mol. The first-order valence-corrected chi connectivity index (χ1v) is 19.1. The number of ether oxygens (including phenoxy) is 2. The number of nitrogens with zero attached hydrogens (tertiary/aromatic N) is 2. The molecule has 0 radical (unpaired) electrons. The van der Waals surface area contributed by atoms with Crippen molar-refractivity contribution in [1.29, 1.82) is 5.26 Å². The summed E-state index contributed by atoms with van der Waals surface area (Å²) in [6.45, 7) is 21.5. The summed E-state index contributed by atoms with van der Waals surface area (Å²) in [5.41, 5.74) is 5.32. The molecule has 1 amide bonds. The first-order valence-electron chi connectivity index (χ1n) is 19.1. The maximum atomic E-state index is 14.9. The quantitative estimate of drug-likeness (QED) is 0.166. The van der Waals surface area contributed by atoms with E-state index in [1.165, 1.54) is 18.4 Å². The number of rotatable bonds is 4. The Morgan fingerprint density at radius 3 is 2.53 bits per heavy atom.